The van der Waals surface area contributed by atoms with Crippen LogP contribution < -0.4 is 15.0 Å². The number of carbonyl (C=O) groups excluding carboxylic acids is 1. The molecule has 5 nitrogen and oxygen atoms in total. The molecule has 1 aromatic carbocycles. The third-order valence-electron chi connectivity index (χ3n) is 5.09. The molecule has 23 heavy (non-hydrogen) atoms. The summed E-state index contributed by atoms with van der Waals surface area (Å²) in [7, 11) is 1.68. The Balaban J connectivity index is 1.49. The summed E-state index contributed by atoms with van der Waals surface area (Å²) < 4.78 is 5.28. The van der Waals surface area contributed by atoms with Crippen LogP contribution in [0.1, 0.15) is 25.7 Å². The van der Waals surface area contributed by atoms with E-state index in [4.69, 9.17) is 4.74 Å². The molecule has 0 bridgehead atoms. The van der Waals surface area contributed by atoms with Crippen molar-refractivity contribution in [2.45, 2.75) is 31.8 Å². The highest BCUT2D eigenvalue weighted by Gasteiger charge is 2.32. The number of nitrogens with zero attached hydrogens (tertiary/aromatic N) is 1. The molecule has 2 aliphatic rings. The third-order valence-corrected chi connectivity index (χ3v) is 5.09. The molecule has 0 radical (unpaired) electrons. The Hall–Kier alpha value is -1.75. The Morgan fingerprint density at radius 1 is 1.39 bits per heavy atom. The summed E-state index contributed by atoms with van der Waals surface area (Å²) in [5, 5.41) is 12.9. The maximum absolute atomic E-state index is 12.1. The van der Waals surface area contributed by atoms with Crippen LogP contribution in [0.4, 0.5) is 5.69 Å². The van der Waals surface area contributed by atoms with E-state index in [-0.39, 0.29) is 11.8 Å². The summed E-state index contributed by atoms with van der Waals surface area (Å²) in [6, 6.07) is 8.10. The van der Waals surface area contributed by atoms with Crippen molar-refractivity contribution in [2.24, 2.45) is 11.8 Å². The van der Waals surface area contributed by atoms with Gasteiger partial charge in [0.15, 0.2) is 0 Å². The number of anilines is 1. The number of amides is 1. The van der Waals surface area contributed by atoms with Crippen molar-refractivity contribution in [1.82, 2.24) is 5.32 Å². The van der Waals surface area contributed by atoms with Gasteiger partial charge < -0.3 is 20.1 Å². The lowest BCUT2D eigenvalue weighted by molar-refractivity contribution is -0.127. The summed E-state index contributed by atoms with van der Waals surface area (Å²) in [5.41, 5.74) is 1.17. The summed E-state index contributed by atoms with van der Waals surface area (Å²) in [5.74, 6) is 1.15. The van der Waals surface area contributed by atoms with Crippen molar-refractivity contribution in [3.8, 4) is 5.75 Å². The van der Waals surface area contributed by atoms with E-state index < -0.39 is 6.10 Å². The number of rotatable bonds is 5. The molecule has 3 rings (SSSR count). The van der Waals surface area contributed by atoms with Gasteiger partial charge in [0.25, 0.3) is 0 Å². The first-order valence-electron chi connectivity index (χ1n) is 8.52. The summed E-state index contributed by atoms with van der Waals surface area (Å²) in [6.45, 7) is 2.64. The van der Waals surface area contributed by atoms with Gasteiger partial charge in [0, 0.05) is 31.4 Å². The molecule has 0 spiro atoms. The smallest absolute Gasteiger partial charge is 0.225 e. The molecule has 3 atom stereocenters. The molecular formula is C18H26N2O3. The number of methoxy groups -OCH3 is 1. The zero-order valence-electron chi connectivity index (χ0n) is 13.7. The van der Waals surface area contributed by atoms with Crippen LogP contribution in [0, 0.1) is 11.8 Å². The first-order chi connectivity index (χ1) is 11.2. The van der Waals surface area contributed by atoms with E-state index in [2.05, 4.69) is 22.3 Å². The van der Waals surface area contributed by atoms with Crippen LogP contribution in [0.25, 0.3) is 0 Å². The molecule has 1 aliphatic heterocycles. The van der Waals surface area contributed by atoms with Gasteiger partial charge in [-0.2, -0.15) is 0 Å². The fraction of sp³-hybridized carbons (Fsp3) is 0.611. The SMILES string of the molecule is COc1cccc(N2CCC(CNC(=O)C3CCCC3O)C2)c1. The quantitative estimate of drug-likeness (QED) is 0.869. The predicted molar refractivity (Wildman–Crippen MR) is 89.7 cm³/mol. The largest absolute Gasteiger partial charge is 0.497 e. The number of benzene rings is 1. The van der Waals surface area contributed by atoms with Crippen molar-refractivity contribution < 1.29 is 14.6 Å². The summed E-state index contributed by atoms with van der Waals surface area (Å²) >= 11 is 0. The molecule has 1 aliphatic carbocycles. The second-order valence-electron chi connectivity index (χ2n) is 6.65. The normalized spacial score (nSPS) is 27.2. The Bertz CT molecular complexity index is 549. The van der Waals surface area contributed by atoms with Crippen molar-refractivity contribution in [1.29, 1.82) is 0 Å². The van der Waals surface area contributed by atoms with Crippen molar-refractivity contribution in [2.75, 3.05) is 31.6 Å². The topological polar surface area (TPSA) is 61.8 Å². The van der Waals surface area contributed by atoms with Crippen LogP contribution in [0.15, 0.2) is 24.3 Å². The van der Waals surface area contributed by atoms with Crippen molar-refractivity contribution >= 4 is 11.6 Å². The van der Waals surface area contributed by atoms with Crippen LogP contribution in [-0.4, -0.2) is 43.9 Å². The van der Waals surface area contributed by atoms with Crippen LogP contribution in [0.3, 0.4) is 0 Å². The van der Waals surface area contributed by atoms with Gasteiger partial charge in [0.05, 0.1) is 19.1 Å². The van der Waals surface area contributed by atoms with Crippen LogP contribution in [-0.2, 0) is 4.79 Å². The molecule has 5 heteroatoms. The van der Waals surface area contributed by atoms with Gasteiger partial charge in [0.2, 0.25) is 5.91 Å². The van der Waals surface area contributed by atoms with E-state index in [9.17, 15) is 9.90 Å². The summed E-state index contributed by atoms with van der Waals surface area (Å²) in [6.07, 6.45) is 3.14. The van der Waals surface area contributed by atoms with Gasteiger partial charge in [-0.3, -0.25) is 4.79 Å². The summed E-state index contributed by atoms with van der Waals surface area (Å²) in [4.78, 5) is 14.5. The highest BCUT2D eigenvalue weighted by molar-refractivity contribution is 5.79. The number of aliphatic hydroxyl groups is 1. The van der Waals surface area contributed by atoms with Gasteiger partial charge in [-0.25, -0.2) is 0 Å². The van der Waals surface area contributed by atoms with E-state index in [1.54, 1.807) is 7.11 Å². The van der Waals surface area contributed by atoms with Crippen LogP contribution in [0.5, 0.6) is 5.75 Å². The minimum absolute atomic E-state index is 0.0230. The Kier molecular flexibility index (Phi) is 5.06. The fourth-order valence-electron chi connectivity index (χ4n) is 3.66. The number of nitrogens with one attached hydrogen (secondary N) is 1. The highest BCUT2D eigenvalue weighted by Crippen LogP contribution is 2.28. The number of carbonyl (C=O) groups is 1. The zero-order chi connectivity index (χ0) is 16.2. The maximum atomic E-state index is 12.1. The molecule has 1 saturated heterocycles. The van der Waals surface area contributed by atoms with Crippen molar-refractivity contribution in [3.05, 3.63) is 24.3 Å². The minimum Gasteiger partial charge on any atom is -0.497 e. The third kappa shape index (κ3) is 3.78. The molecule has 126 valence electrons. The lowest BCUT2D eigenvalue weighted by Gasteiger charge is -2.20. The first kappa shape index (κ1) is 16.1. The van der Waals surface area contributed by atoms with Gasteiger partial charge >= 0.3 is 0 Å². The average Bonchev–Trinajstić information content (AvgIpc) is 3.21. The molecule has 2 N–H and O–H groups in total. The van der Waals surface area contributed by atoms with Gasteiger partial charge in [0.1, 0.15) is 5.75 Å². The molecule has 1 amide bonds. The average molecular weight is 318 g/mol. The van der Waals surface area contributed by atoms with Crippen molar-refractivity contribution in [3.63, 3.8) is 0 Å². The molecule has 0 aromatic heterocycles. The monoisotopic (exact) mass is 318 g/mol. The van der Waals surface area contributed by atoms with E-state index in [0.717, 1.165) is 44.5 Å². The Labute approximate surface area is 137 Å². The molecular weight excluding hydrogens is 292 g/mol. The molecule has 2 fully saturated rings. The van der Waals surface area contributed by atoms with E-state index in [0.29, 0.717) is 12.5 Å². The molecule has 1 heterocycles. The van der Waals surface area contributed by atoms with Crippen LogP contribution in [0.2, 0.25) is 0 Å². The van der Waals surface area contributed by atoms with Gasteiger partial charge in [-0.05, 0) is 43.7 Å². The van der Waals surface area contributed by atoms with E-state index >= 15 is 0 Å². The van der Waals surface area contributed by atoms with E-state index in [1.807, 2.05) is 12.1 Å². The first-order valence-corrected chi connectivity index (χ1v) is 8.52. The van der Waals surface area contributed by atoms with Gasteiger partial charge in [-0.1, -0.05) is 6.07 Å². The Morgan fingerprint density at radius 3 is 3.00 bits per heavy atom. The van der Waals surface area contributed by atoms with Gasteiger partial charge in [-0.15, -0.1) is 0 Å². The number of ether oxygens (including phenoxy) is 1. The predicted octanol–water partition coefficient (Wildman–Crippen LogP) is 1.80. The second kappa shape index (κ2) is 7.21. The molecule has 1 aromatic rings. The zero-order valence-corrected chi connectivity index (χ0v) is 13.7. The molecule has 1 saturated carbocycles. The lowest BCUT2D eigenvalue weighted by atomic mass is 10.0. The minimum atomic E-state index is -0.452. The standard InChI is InChI=1S/C18H26N2O3/c1-23-15-5-2-4-14(10-15)20-9-8-13(12-20)11-19-18(22)16-6-3-7-17(16)21/h2,4-5,10,13,16-17,21H,3,6-9,11-12H2,1H3,(H,19,22). The maximum Gasteiger partial charge on any atom is 0.225 e. The number of hydrogen-bond donors (Lipinski definition) is 2. The Morgan fingerprint density at radius 2 is 2.26 bits per heavy atom. The molecule has 3 unspecified atom stereocenters. The lowest BCUT2D eigenvalue weighted by Crippen LogP contribution is -2.38. The number of aliphatic hydroxyl groups excluding tert-OH is 1. The second-order valence-corrected chi connectivity index (χ2v) is 6.65. The highest BCUT2D eigenvalue weighted by atomic mass is 16.5. The fourth-order valence-corrected chi connectivity index (χ4v) is 3.66. The van der Waals surface area contributed by atoms with Crippen LogP contribution >= 0.6 is 0 Å². The van der Waals surface area contributed by atoms with E-state index in [1.165, 1.54) is 5.69 Å². The number of hydrogen-bond acceptors (Lipinski definition) is 4.